The molecule has 6 heteroatoms. The first-order valence-corrected chi connectivity index (χ1v) is 7.34. The van der Waals surface area contributed by atoms with Crippen molar-refractivity contribution in [3.63, 3.8) is 0 Å². The van der Waals surface area contributed by atoms with Crippen molar-refractivity contribution in [2.45, 2.75) is 11.4 Å². The van der Waals surface area contributed by atoms with Crippen LogP contribution in [-0.4, -0.2) is 24.8 Å². The average molecular weight is 287 g/mol. The third-order valence-corrected chi connectivity index (χ3v) is 4.59. The highest BCUT2D eigenvalue weighted by atomic mass is 32.2. The van der Waals surface area contributed by atoms with Crippen molar-refractivity contribution >= 4 is 10.0 Å². The first-order chi connectivity index (χ1) is 9.54. The highest BCUT2D eigenvalue weighted by Gasteiger charge is 2.21. The van der Waals surface area contributed by atoms with Crippen molar-refractivity contribution < 1.29 is 8.42 Å². The summed E-state index contributed by atoms with van der Waals surface area (Å²) in [5.41, 5.74) is 1.09. The van der Waals surface area contributed by atoms with Crippen LogP contribution in [0.3, 0.4) is 0 Å². The Hall–Kier alpha value is -2.23. The van der Waals surface area contributed by atoms with Crippen molar-refractivity contribution in [1.29, 1.82) is 5.26 Å². The van der Waals surface area contributed by atoms with Gasteiger partial charge >= 0.3 is 0 Å². The van der Waals surface area contributed by atoms with Crippen LogP contribution in [0.15, 0.2) is 53.6 Å². The lowest BCUT2D eigenvalue weighted by Gasteiger charge is -2.17. The first-order valence-electron chi connectivity index (χ1n) is 5.90. The van der Waals surface area contributed by atoms with Gasteiger partial charge in [-0.15, -0.1) is 0 Å². The zero-order chi connectivity index (χ0) is 14.6. The van der Waals surface area contributed by atoms with E-state index >= 15 is 0 Å². The number of pyridine rings is 1. The number of nitriles is 1. The standard InChI is InChI=1S/C14H13N3O2S/c1-17(11-12-5-3-2-4-6-12)20(18,19)14-8-7-13(9-15)16-10-14/h2-8,10H,11H2,1H3. The summed E-state index contributed by atoms with van der Waals surface area (Å²) < 4.78 is 25.9. The number of benzene rings is 1. The number of aromatic nitrogens is 1. The molecule has 0 bridgehead atoms. The van der Waals surface area contributed by atoms with Crippen LogP contribution in [0.1, 0.15) is 11.3 Å². The summed E-state index contributed by atoms with van der Waals surface area (Å²) >= 11 is 0. The fraction of sp³-hybridized carbons (Fsp3) is 0.143. The molecule has 0 aliphatic heterocycles. The van der Waals surface area contributed by atoms with Crippen LogP contribution in [0.25, 0.3) is 0 Å². The molecule has 1 aromatic heterocycles. The molecular formula is C14H13N3O2S. The number of nitrogens with zero attached hydrogens (tertiary/aromatic N) is 3. The Morgan fingerprint density at radius 3 is 2.45 bits per heavy atom. The average Bonchev–Trinajstić information content (AvgIpc) is 2.48. The van der Waals surface area contributed by atoms with Gasteiger partial charge in [-0.2, -0.15) is 9.57 Å². The summed E-state index contributed by atoms with van der Waals surface area (Å²) in [6, 6.07) is 14.0. The highest BCUT2D eigenvalue weighted by molar-refractivity contribution is 7.89. The summed E-state index contributed by atoms with van der Waals surface area (Å²) in [4.78, 5) is 3.86. The Morgan fingerprint density at radius 1 is 1.20 bits per heavy atom. The third-order valence-electron chi connectivity index (χ3n) is 2.81. The largest absolute Gasteiger partial charge is 0.244 e. The number of sulfonamides is 1. The van der Waals surface area contributed by atoms with Crippen LogP contribution >= 0.6 is 0 Å². The molecular weight excluding hydrogens is 274 g/mol. The molecule has 0 saturated carbocycles. The lowest BCUT2D eigenvalue weighted by Crippen LogP contribution is -2.26. The summed E-state index contributed by atoms with van der Waals surface area (Å²) in [7, 11) is -2.09. The van der Waals surface area contributed by atoms with Crippen LogP contribution in [0.2, 0.25) is 0 Å². The van der Waals surface area contributed by atoms with Crippen molar-refractivity contribution in [2.24, 2.45) is 0 Å². The molecule has 0 atom stereocenters. The molecule has 0 saturated heterocycles. The lowest BCUT2D eigenvalue weighted by molar-refractivity contribution is 0.466. The maximum Gasteiger partial charge on any atom is 0.244 e. The van der Waals surface area contributed by atoms with Crippen molar-refractivity contribution in [3.05, 3.63) is 59.9 Å². The molecule has 0 spiro atoms. The van der Waals surface area contributed by atoms with E-state index in [1.54, 1.807) is 0 Å². The van der Waals surface area contributed by atoms with Gasteiger partial charge in [-0.05, 0) is 17.7 Å². The van der Waals surface area contributed by atoms with Gasteiger partial charge < -0.3 is 0 Å². The molecule has 0 aliphatic rings. The number of rotatable bonds is 4. The van der Waals surface area contributed by atoms with Gasteiger partial charge in [-0.3, -0.25) is 0 Å². The Bertz CT molecular complexity index is 719. The molecule has 2 rings (SSSR count). The quantitative estimate of drug-likeness (QED) is 0.859. The van der Waals surface area contributed by atoms with E-state index in [1.807, 2.05) is 36.4 Å². The van der Waals surface area contributed by atoms with Gasteiger partial charge in [0.1, 0.15) is 16.7 Å². The van der Waals surface area contributed by atoms with Gasteiger partial charge in [0.2, 0.25) is 10.0 Å². The van der Waals surface area contributed by atoms with E-state index in [2.05, 4.69) is 4.98 Å². The Balaban J connectivity index is 2.23. The van der Waals surface area contributed by atoms with E-state index in [0.717, 1.165) is 5.56 Å². The molecule has 1 heterocycles. The third kappa shape index (κ3) is 3.02. The fourth-order valence-electron chi connectivity index (χ4n) is 1.70. The van der Waals surface area contributed by atoms with E-state index in [-0.39, 0.29) is 17.1 Å². The second-order valence-electron chi connectivity index (χ2n) is 4.24. The maximum atomic E-state index is 12.3. The smallest absolute Gasteiger partial charge is 0.244 e. The molecule has 5 nitrogen and oxygen atoms in total. The lowest BCUT2D eigenvalue weighted by atomic mass is 10.2. The topological polar surface area (TPSA) is 74.1 Å². The predicted octanol–water partition coefficient (Wildman–Crippen LogP) is 1.77. The van der Waals surface area contributed by atoms with Gasteiger partial charge in [0, 0.05) is 19.8 Å². The predicted molar refractivity (Wildman–Crippen MR) is 74.0 cm³/mol. The van der Waals surface area contributed by atoms with Crippen LogP contribution in [-0.2, 0) is 16.6 Å². The van der Waals surface area contributed by atoms with Crippen LogP contribution in [0.4, 0.5) is 0 Å². The monoisotopic (exact) mass is 287 g/mol. The zero-order valence-corrected chi connectivity index (χ0v) is 11.7. The summed E-state index contributed by atoms with van der Waals surface area (Å²) in [5.74, 6) is 0. The van der Waals surface area contributed by atoms with Gasteiger partial charge in [-0.1, -0.05) is 30.3 Å². The normalized spacial score (nSPS) is 11.2. The Morgan fingerprint density at radius 2 is 1.90 bits per heavy atom. The molecule has 0 unspecified atom stereocenters. The zero-order valence-electron chi connectivity index (χ0n) is 10.9. The Labute approximate surface area is 118 Å². The number of hydrogen-bond acceptors (Lipinski definition) is 4. The second kappa shape index (κ2) is 5.82. The molecule has 102 valence electrons. The van der Waals surface area contributed by atoms with E-state index in [4.69, 9.17) is 5.26 Å². The SMILES string of the molecule is CN(Cc1ccccc1)S(=O)(=O)c1ccc(C#N)nc1. The minimum Gasteiger partial charge on any atom is -0.244 e. The maximum absolute atomic E-state index is 12.3. The molecule has 0 fully saturated rings. The minimum absolute atomic E-state index is 0.0786. The molecule has 20 heavy (non-hydrogen) atoms. The molecule has 0 amide bonds. The van der Waals surface area contributed by atoms with E-state index in [1.165, 1.54) is 29.7 Å². The van der Waals surface area contributed by atoms with Gasteiger partial charge in [-0.25, -0.2) is 13.4 Å². The van der Waals surface area contributed by atoms with Gasteiger partial charge in [0.05, 0.1) is 0 Å². The summed E-state index contributed by atoms with van der Waals surface area (Å²) in [5, 5.41) is 8.66. The van der Waals surface area contributed by atoms with Gasteiger partial charge in [0.15, 0.2) is 0 Å². The Kier molecular flexibility index (Phi) is 4.13. The molecule has 1 aromatic carbocycles. The molecule has 0 radical (unpaired) electrons. The fourth-order valence-corrected chi connectivity index (χ4v) is 2.81. The highest BCUT2D eigenvalue weighted by Crippen LogP contribution is 2.16. The second-order valence-corrected chi connectivity index (χ2v) is 6.28. The van der Waals surface area contributed by atoms with Crippen molar-refractivity contribution in [2.75, 3.05) is 7.05 Å². The van der Waals surface area contributed by atoms with Crippen LogP contribution < -0.4 is 0 Å². The summed E-state index contributed by atoms with van der Waals surface area (Å²) in [6.45, 7) is 0.281. The van der Waals surface area contributed by atoms with E-state index in [9.17, 15) is 8.42 Å². The van der Waals surface area contributed by atoms with Gasteiger partial charge in [0.25, 0.3) is 0 Å². The molecule has 0 N–H and O–H groups in total. The van der Waals surface area contributed by atoms with Crippen LogP contribution in [0.5, 0.6) is 0 Å². The first kappa shape index (κ1) is 14.2. The minimum atomic E-state index is -3.60. The molecule has 2 aromatic rings. The van der Waals surface area contributed by atoms with E-state index in [0.29, 0.717) is 0 Å². The van der Waals surface area contributed by atoms with Crippen molar-refractivity contribution in [1.82, 2.24) is 9.29 Å². The van der Waals surface area contributed by atoms with E-state index < -0.39 is 10.0 Å². The summed E-state index contributed by atoms with van der Waals surface area (Å²) in [6.07, 6.45) is 1.20. The van der Waals surface area contributed by atoms with Crippen LogP contribution in [0, 0.1) is 11.3 Å². The molecule has 0 aliphatic carbocycles. The number of hydrogen-bond donors (Lipinski definition) is 0. The van der Waals surface area contributed by atoms with Crippen molar-refractivity contribution in [3.8, 4) is 6.07 Å².